The van der Waals surface area contributed by atoms with E-state index in [2.05, 4.69) is 14.5 Å². The number of fused-ring (bicyclic) bond motifs is 1. The Bertz CT molecular complexity index is 1020. The quantitative estimate of drug-likeness (QED) is 0.450. The average molecular weight is 390 g/mol. The lowest BCUT2D eigenvalue weighted by Crippen LogP contribution is -2.03. The van der Waals surface area contributed by atoms with Crippen LogP contribution in [0.2, 0.25) is 0 Å². The molecular formula is C17H15N2O5PS. The summed E-state index contributed by atoms with van der Waals surface area (Å²) >= 11 is 1.66. The largest absolute Gasteiger partial charge is 0.527 e. The number of carbonyl (C=O) groups is 1. The van der Waals surface area contributed by atoms with E-state index in [1.165, 1.54) is 11.0 Å². The van der Waals surface area contributed by atoms with Crippen molar-refractivity contribution >= 4 is 48.7 Å². The smallest absolute Gasteiger partial charge is 0.367 e. The first-order valence-electron chi connectivity index (χ1n) is 7.46. The highest BCUT2D eigenvalue weighted by molar-refractivity contribution is 7.98. The summed E-state index contributed by atoms with van der Waals surface area (Å²) < 4.78 is 15.0. The minimum atomic E-state index is -4.92. The van der Waals surface area contributed by atoms with Crippen LogP contribution in [0.15, 0.2) is 47.4 Å². The van der Waals surface area contributed by atoms with E-state index in [0.717, 1.165) is 5.56 Å². The van der Waals surface area contributed by atoms with Crippen LogP contribution in [0.3, 0.4) is 0 Å². The number of imidazole rings is 1. The second-order valence-electron chi connectivity index (χ2n) is 5.30. The molecule has 134 valence electrons. The first-order valence-corrected chi connectivity index (χ1v) is 10.2. The maximum absolute atomic E-state index is 11.9. The summed E-state index contributed by atoms with van der Waals surface area (Å²) in [6.45, 7) is 0. The van der Waals surface area contributed by atoms with Gasteiger partial charge >= 0.3 is 13.8 Å². The molecule has 7 nitrogen and oxygen atoms in total. The van der Waals surface area contributed by atoms with Gasteiger partial charge in [-0.2, -0.15) is 0 Å². The van der Waals surface area contributed by atoms with Crippen molar-refractivity contribution in [1.29, 1.82) is 0 Å². The number of para-hydroxylation sites is 1. The van der Waals surface area contributed by atoms with Crippen LogP contribution in [0.4, 0.5) is 0 Å². The van der Waals surface area contributed by atoms with Crippen molar-refractivity contribution < 1.29 is 23.7 Å². The van der Waals surface area contributed by atoms with Gasteiger partial charge in [-0.05, 0) is 42.2 Å². The van der Waals surface area contributed by atoms with Gasteiger partial charge in [0.05, 0.1) is 11.1 Å². The predicted molar refractivity (Wildman–Crippen MR) is 101 cm³/mol. The lowest BCUT2D eigenvalue weighted by Gasteiger charge is -2.05. The first-order chi connectivity index (χ1) is 12.4. The second-order valence-corrected chi connectivity index (χ2v) is 7.34. The Morgan fingerprint density at radius 1 is 1.19 bits per heavy atom. The monoisotopic (exact) mass is 390 g/mol. The second kappa shape index (κ2) is 7.47. The van der Waals surface area contributed by atoms with Gasteiger partial charge in [0.1, 0.15) is 11.3 Å². The van der Waals surface area contributed by atoms with Gasteiger partial charge < -0.3 is 9.51 Å². The Morgan fingerprint density at radius 3 is 2.58 bits per heavy atom. The van der Waals surface area contributed by atoms with Crippen LogP contribution >= 0.6 is 19.6 Å². The van der Waals surface area contributed by atoms with Gasteiger partial charge in [0.25, 0.3) is 0 Å². The molecule has 0 amide bonds. The number of carbonyl (C=O) groups excluding carboxylic acids is 1. The molecular weight excluding hydrogens is 375 g/mol. The third kappa shape index (κ3) is 4.42. The topological polar surface area (TPSA) is 113 Å². The fraction of sp³-hybridized carbons (Fsp3) is 0.0588. The highest BCUT2D eigenvalue weighted by atomic mass is 32.2. The number of phosphoric acid groups is 1. The van der Waals surface area contributed by atoms with Crippen molar-refractivity contribution in [3.05, 3.63) is 59.4 Å². The van der Waals surface area contributed by atoms with Crippen molar-refractivity contribution in [2.24, 2.45) is 0 Å². The zero-order chi connectivity index (χ0) is 18.7. The number of thioether (sulfide) groups is 1. The van der Waals surface area contributed by atoms with E-state index in [-0.39, 0.29) is 11.1 Å². The molecule has 3 rings (SSSR count). The van der Waals surface area contributed by atoms with Crippen LogP contribution in [0.5, 0.6) is 0 Å². The molecule has 0 aliphatic heterocycles. The molecule has 0 unspecified atom stereocenters. The summed E-state index contributed by atoms with van der Waals surface area (Å²) in [7, 11) is -4.92. The first kappa shape index (κ1) is 18.4. The number of phosphoric ester groups is 1. The number of rotatable bonds is 5. The minimum absolute atomic E-state index is 0.0222. The maximum atomic E-state index is 11.9. The van der Waals surface area contributed by atoms with Gasteiger partial charge in [-0.1, -0.05) is 24.3 Å². The third-order valence-electron chi connectivity index (χ3n) is 3.50. The van der Waals surface area contributed by atoms with Crippen molar-refractivity contribution in [3.63, 3.8) is 0 Å². The van der Waals surface area contributed by atoms with E-state index >= 15 is 0 Å². The number of aromatic amines is 1. The Balaban J connectivity index is 1.89. The number of hydrogen-bond acceptors (Lipinski definition) is 5. The van der Waals surface area contributed by atoms with E-state index < -0.39 is 13.8 Å². The minimum Gasteiger partial charge on any atom is -0.367 e. The van der Waals surface area contributed by atoms with E-state index in [1.54, 1.807) is 30.0 Å². The van der Waals surface area contributed by atoms with Gasteiger partial charge in [-0.3, -0.25) is 9.79 Å². The normalized spacial score (nSPS) is 12.0. The zero-order valence-corrected chi connectivity index (χ0v) is 15.3. The standard InChI is InChI=1S/C17H15N2O5PS/c1-26-12-8-5-11(6-9-12)7-10-15-18-14-4-2-3-13(16(14)19-15)17(20)24-25(21,22)23/h2-10H,1H3,(H,18,19)(H2,21,22,23)/b10-7+. The van der Waals surface area contributed by atoms with Gasteiger partial charge in [0.15, 0.2) is 0 Å². The summed E-state index contributed by atoms with van der Waals surface area (Å²) in [6.07, 6.45) is 5.63. The number of nitrogens with zero attached hydrogens (tertiary/aromatic N) is 1. The molecule has 2 aromatic carbocycles. The van der Waals surface area contributed by atoms with Gasteiger partial charge in [0.2, 0.25) is 0 Å². The Labute approximate surface area is 153 Å². The van der Waals surface area contributed by atoms with Crippen LogP contribution in [0.25, 0.3) is 23.2 Å². The van der Waals surface area contributed by atoms with Gasteiger partial charge in [-0.15, -0.1) is 11.8 Å². The lowest BCUT2D eigenvalue weighted by molar-refractivity contribution is 0.0680. The SMILES string of the molecule is CSc1ccc(/C=C/c2nc3c(C(=O)OP(=O)(O)O)cccc3[nH]2)cc1. The molecule has 9 heteroatoms. The third-order valence-corrected chi connectivity index (χ3v) is 4.65. The van der Waals surface area contributed by atoms with Crippen molar-refractivity contribution in [3.8, 4) is 0 Å². The summed E-state index contributed by atoms with van der Waals surface area (Å²) in [5, 5.41) is 0. The molecule has 26 heavy (non-hydrogen) atoms. The molecule has 3 aromatic rings. The van der Waals surface area contributed by atoms with Crippen molar-refractivity contribution in [2.75, 3.05) is 6.26 Å². The maximum Gasteiger partial charge on any atom is 0.527 e. The predicted octanol–water partition coefficient (Wildman–Crippen LogP) is 3.70. The number of nitrogens with one attached hydrogen (secondary N) is 1. The van der Waals surface area contributed by atoms with Gasteiger partial charge in [0, 0.05) is 4.90 Å². The zero-order valence-electron chi connectivity index (χ0n) is 13.6. The van der Waals surface area contributed by atoms with Crippen LogP contribution in [-0.2, 0) is 9.09 Å². The summed E-state index contributed by atoms with van der Waals surface area (Å²) in [5.74, 6) is -0.621. The summed E-state index contributed by atoms with van der Waals surface area (Å²) in [5.41, 5.74) is 1.81. The molecule has 0 radical (unpaired) electrons. The molecule has 0 bridgehead atoms. The molecule has 1 heterocycles. The highest BCUT2D eigenvalue weighted by Gasteiger charge is 2.24. The number of benzene rings is 2. The fourth-order valence-electron chi connectivity index (χ4n) is 2.34. The van der Waals surface area contributed by atoms with Crippen molar-refractivity contribution in [2.45, 2.75) is 4.90 Å². The van der Waals surface area contributed by atoms with Crippen LogP contribution in [0, 0.1) is 0 Å². The van der Waals surface area contributed by atoms with E-state index in [4.69, 9.17) is 9.79 Å². The molecule has 1 aromatic heterocycles. The molecule has 0 aliphatic carbocycles. The fourth-order valence-corrected chi connectivity index (χ4v) is 3.06. The average Bonchev–Trinajstić information content (AvgIpc) is 3.01. The molecule has 0 aliphatic rings. The summed E-state index contributed by atoms with van der Waals surface area (Å²) in [6, 6.07) is 12.7. The Kier molecular flexibility index (Phi) is 5.29. The molecule has 0 saturated heterocycles. The van der Waals surface area contributed by atoms with Crippen LogP contribution in [-0.4, -0.2) is 32.0 Å². The van der Waals surface area contributed by atoms with Crippen molar-refractivity contribution in [1.82, 2.24) is 9.97 Å². The molecule has 0 spiro atoms. The number of aromatic nitrogens is 2. The molecule has 3 N–H and O–H groups in total. The Morgan fingerprint density at radius 2 is 1.92 bits per heavy atom. The van der Waals surface area contributed by atoms with E-state index in [1.807, 2.05) is 36.6 Å². The van der Waals surface area contributed by atoms with Crippen LogP contribution in [0.1, 0.15) is 21.7 Å². The van der Waals surface area contributed by atoms with E-state index in [9.17, 15) is 9.36 Å². The molecule has 0 atom stereocenters. The summed E-state index contributed by atoms with van der Waals surface area (Å²) in [4.78, 5) is 38.1. The van der Waals surface area contributed by atoms with Crippen LogP contribution < -0.4 is 0 Å². The molecule has 0 saturated carbocycles. The highest BCUT2D eigenvalue weighted by Crippen LogP contribution is 2.37. The lowest BCUT2D eigenvalue weighted by atomic mass is 10.2. The van der Waals surface area contributed by atoms with Gasteiger partial charge in [-0.25, -0.2) is 14.3 Å². The van der Waals surface area contributed by atoms with E-state index in [0.29, 0.717) is 11.3 Å². The number of hydrogen-bond donors (Lipinski definition) is 3. The Hall–Kier alpha value is -2.38. The number of H-pyrrole nitrogens is 1. The molecule has 0 fully saturated rings.